The third kappa shape index (κ3) is 4.77. The van der Waals surface area contributed by atoms with Gasteiger partial charge in [0.05, 0.1) is 6.04 Å². The van der Waals surface area contributed by atoms with E-state index in [1.54, 1.807) is 12.1 Å². The Morgan fingerprint density at radius 2 is 1.96 bits per heavy atom. The number of nitrogens with zero attached hydrogens (tertiary/aromatic N) is 1. The van der Waals surface area contributed by atoms with E-state index < -0.39 is 0 Å². The second-order valence-corrected chi connectivity index (χ2v) is 6.89. The molecular weight excluding hydrogens is 307 g/mol. The Bertz CT molecular complexity index is 519. The number of aliphatic hydroxyl groups excluding tert-OH is 1. The van der Waals surface area contributed by atoms with Crippen LogP contribution < -0.4 is 5.32 Å². The predicted octanol–water partition coefficient (Wildman–Crippen LogP) is 2.36. The number of benzene rings is 1. The molecule has 1 saturated heterocycles. The standard InChI is InChI=1S/C19H29FN2O2/c1-3-19(14-23)9-12-22(13-10-19)15(2)18(24)21-11-8-16-4-6-17(20)7-5-16/h4-7,15,23H,3,8-14H2,1-2H3,(H,21,24). The first-order valence-electron chi connectivity index (χ1n) is 8.87. The molecule has 0 saturated carbocycles. The number of hydrogen-bond acceptors (Lipinski definition) is 3. The zero-order valence-electron chi connectivity index (χ0n) is 14.7. The molecule has 4 nitrogen and oxygen atoms in total. The molecule has 2 rings (SSSR count). The normalized spacial score (nSPS) is 19.0. The average Bonchev–Trinajstić information content (AvgIpc) is 2.62. The smallest absolute Gasteiger partial charge is 0.237 e. The summed E-state index contributed by atoms with van der Waals surface area (Å²) >= 11 is 0. The van der Waals surface area contributed by atoms with Gasteiger partial charge in [0.2, 0.25) is 5.91 Å². The minimum absolute atomic E-state index is 0.0325. The summed E-state index contributed by atoms with van der Waals surface area (Å²) in [5, 5.41) is 12.6. The van der Waals surface area contributed by atoms with Gasteiger partial charge < -0.3 is 10.4 Å². The van der Waals surface area contributed by atoms with Crippen molar-refractivity contribution in [3.63, 3.8) is 0 Å². The Morgan fingerprint density at radius 3 is 2.50 bits per heavy atom. The first kappa shape index (κ1) is 18.9. The number of carbonyl (C=O) groups is 1. The van der Waals surface area contributed by atoms with Gasteiger partial charge in [-0.3, -0.25) is 9.69 Å². The molecule has 1 fully saturated rings. The van der Waals surface area contributed by atoms with E-state index in [4.69, 9.17) is 0 Å². The molecule has 134 valence electrons. The van der Waals surface area contributed by atoms with E-state index in [9.17, 15) is 14.3 Å². The van der Waals surface area contributed by atoms with Crippen molar-refractivity contribution in [1.29, 1.82) is 0 Å². The van der Waals surface area contributed by atoms with Crippen LogP contribution >= 0.6 is 0 Å². The van der Waals surface area contributed by atoms with Gasteiger partial charge in [0.1, 0.15) is 5.82 Å². The Balaban J connectivity index is 1.75. The van der Waals surface area contributed by atoms with Crippen LogP contribution in [-0.2, 0) is 11.2 Å². The van der Waals surface area contributed by atoms with Gasteiger partial charge in [0.25, 0.3) is 0 Å². The summed E-state index contributed by atoms with van der Waals surface area (Å²) in [4.78, 5) is 14.5. The molecule has 0 bridgehead atoms. The molecule has 1 aromatic rings. The first-order valence-corrected chi connectivity index (χ1v) is 8.87. The Hall–Kier alpha value is -1.46. The van der Waals surface area contributed by atoms with Crippen LogP contribution in [0.15, 0.2) is 24.3 Å². The molecule has 1 aliphatic rings. The molecule has 5 heteroatoms. The van der Waals surface area contributed by atoms with Gasteiger partial charge in [-0.2, -0.15) is 0 Å². The van der Waals surface area contributed by atoms with E-state index in [-0.39, 0.29) is 29.8 Å². The van der Waals surface area contributed by atoms with Crippen LogP contribution in [0.4, 0.5) is 4.39 Å². The lowest BCUT2D eigenvalue weighted by atomic mass is 9.76. The summed E-state index contributed by atoms with van der Waals surface area (Å²) < 4.78 is 12.9. The number of rotatable bonds is 7. The molecule has 1 aliphatic heterocycles. The van der Waals surface area contributed by atoms with E-state index in [0.29, 0.717) is 13.0 Å². The maximum atomic E-state index is 12.9. The van der Waals surface area contributed by atoms with Crippen LogP contribution in [0.3, 0.4) is 0 Å². The van der Waals surface area contributed by atoms with E-state index in [0.717, 1.165) is 37.9 Å². The van der Waals surface area contributed by atoms with E-state index in [1.165, 1.54) is 12.1 Å². The zero-order chi connectivity index (χ0) is 17.6. The molecule has 2 N–H and O–H groups in total. The topological polar surface area (TPSA) is 52.6 Å². The van der Waals surface area contributed by atoms with Crippen molar-refractivity contribution >= 4 is 5.91 Å². The number of carbonyl (C=O) groups excluding carboxylic acids is 1. The van der Waals surface area contributed by atoms with Gasteiger partial charge in [-0.1, -0.05) is 19.1 Å². The van der Waals surface area contributed by atoms with Gasteiger partial charge in [0.15, 0.2) is 0 Å². The van der Waals surface area contributed by atoms with Crippen LogP contribution in [0.5, 0.6) is 0 Å². The SMILES string of the molecule is CCC1(CO)CCN(C(C)C(=O)NCCc2ccc(F)cc2)CC1. The Morgan fingerprint density at radius 1 is 1.33 bits per heavy atom. The van der Waals surface area contributed by atoms with Crippen molar-refractivity contribution in [2.75, 3.05) is 26.2 Å². The van der Waals surface area contributed by atoms with Crippen molar-refractivity contribution in [3.05, 3.63) is 35.6 Å². The molecule has 1 atom stereocenters. The summed E-state index contributed by atoms with van der Waals surface area (Å²) in [5.74, 6) is -0.211. The monoisotopic (exact) mass is 336 g/mol. The van der Waals surface area contributed by atoms with Crippen molar-refractivity contribution in [3.8, 4) is 0 Å². The maximum absolute atomic E-state index is 12.9. The molecule has 0 radical (unpaired) electrons. The lowest BCUT2D eigenvalue weighted by molar-refractivity contribution is -0.127. The zero-order valence-corrected chi connectivity index (χ0v) is 14.7. The lowest BCUT2D eigenvalue weighted by Crippen LogP contribution is -2.51. The fourth-order valence-electron chi connectivity index (χ4n) is 3.30. The summed E-state index contributed by atoms with van der Waals surface area (Å²) in [6.07, 6.45) is 3.55. The number of piperidine rings is 1. The first-order chi connectivity index (χ1) is 11.5. The van der Waals surface area contributed by atoms with Crippen molar-refractivity contribution in [2.45, 2.75) is 45.6 Å². The Kier molecular flexibility index (Phi) is 6.75. The maximum Gasteiger partial charge on any atom is 0.237 e. The second-order valence-electron chi connectivity index (χ2n) is 6.89. The van der Waals surface area contributed by atoms with Gasteiger partial charge in [-0.05, 0) is 68.8 Å². The van der Waals surface area contributed by atoms with Crippen LogP contribution in [-0.4, -0.2) is 48.2 Å². The van der Waals surface area contributed by atoms with E-state index >= 15 is 0 Å². The number of likely N-dealkylation sites (tertiary alicyclic amines) is 1. The highest BCUT2D eigenvalue weighted by Crippen LogP contribution is 2.34. The third-order valence-corrected chi connectivity index (χ3v) is 5.50. The highest BCUT2D eigenvalue weighted by Gasteiger charge is 2.34. The molecule has 1 amide bonds. The van der Waals surface area contributed by atoms with Crippen molar-refractivity contribution in [1.82, 2.24) is 10.2 Å². The number of hydrogen-bond donors (Lipinski definition) is 2. The molecule has 1 aromatic carbocycles. The second kappa shape index (κ2) is 8.58. The van der Waals surface area contributed by atoms with Gasteiger partial charge in [0, 0.05) is 13.2 Å². The molecule has 0 spiro atoms. The minimum atomic E-state index is -0.243. The summed E-state index contributed by atoms with van der Waals surface area (Å²) in [5.41, 5.74) is 1.05. The quantitative estimate of drug-likeness (QED) is 0.804. The number of nitrogens with one attached hydrogen (secondary N) is 1. The summed E-state index contributed by atoms with van der Waals surface area (Å²) in [6.45, 7) is 6.54. The van der Waals surface area contributed by atoms with Crippen LogP contribution in [0, 0.1) is 11.2 Å². The molecule has 0 aliphatic carbocycles. The number of halogens is 1. The van der Waals surface area contributed by atoms with Crippen molar-refractivity contribution < 1.29 is 14.3 Å². The summed E-state index contributed by atoms with van der Waals surface area (Å²) in [7, 11) is 0. The average molecular weight is 336 g/mol. The van der Waals surface area contributed by atoms with Gasteiger partial charge in [-0.15, -0.1) is 0 Å². The fourth-order valence-corrected chi connectivity index (χ4v) is 3.30. The number of amides is 1. The van der Waals surface area contributed by atoms with Crippen molar-refractivity contribution in [2.24, 2.45) is 5.41 Å². The predicted molar refractivity (Wildman–Crippen MR) is 93.2 cm³/mol. The molecular formula is C19H29FN2O2. The van der Waals surface area contributed by atoms with Gasteiger partial charge >= 0.3 is 0 Å². The lowest BCUT2D eigenvalue weighted by Gasteiger charge is -2.42. The molecule has 1 unspecified atom stereocenters. The van der Waals surface area contributed by atoms with Crippen LogP contribution in [0.25, 0.3) is 0 Å². The van der Waals surface area contributed by atoms with Gasteiger partial charge in [-0.25, -0.2) is 4.39 Å². The minimum Gasteiger partial charge on any atom is -0.396 e. The Labute approximate surface area is 144 Å². The highest BCUT2D eigenvalue weighted by molar-refractivity contribution is 5.81. The van der Waals surface area contributed by atoms with Crippen LogP contribution in [0.2, 0.25) is 0 Å². The highest BCUT2D eigenvalue weighted by atomic mass is 19.1. The van der Waals surface area contributed by atoms with Crippen LogP contribution in [0.1, 0.15) is 38.7 Å². The number of aliphatic hydroxyl groups is 1. The summed E-state index contributed by atoms with van der Waals surface area (Å²) in [6, 6.07) is 6.21. The third-order valence-electron chi connectivity index (χ3n) is 5.50. The molecule has 1 heterocycles. The fraction of sp³-hybridized carbons (Fsp3) is 0.632. The largest absolute Gasteiger partial charge is 0.396 e. The van der Waals surface area contributed by atoms with E-state index in [2.05, 4.69) is 17.1 Å². The molecule has 24 heavy (non-hydrogen) atoms. The molecule has 0 aromatic heterocycles. The van der Waals surface area contributed by atoms with E-state index in [1.807, 2.05) is 6.92 Å².